The Morgan fingerprint density at radius 3 is 2.54 bits per heavy atom. The molecule has 0 saturated heterocycles. The van der Waals surface area contributed by atoms with Crippen LogP contribution in [-0.2, 0) is 20.7 Å². The Hall–Kier alpha value is -3.63. The highest BCUT2D eigenvalue weighted by atomic mass is 16.5. The fourth-order valence-corrected chi connectivity index (χ4v) is 5.65. The number of benzene rings is 1. The van der Waals surface area contributed by atoms with Gasteiger partial charge in [0.1, 0.15) is 22.8 Å². The third-order valence-corrected chi connectivity index (χ3v) is 7.15. The fraction of sp³-hybridized carbons (Fsp3) is 0.400. The molecule has 10 nitrogen and oxygen atoms in total. The van der Waals surface area contributed by atoms with Gasteiger partial charge in [0, 0.05) is 11.5 Å². The molecular weight excluding hydrogens is 456 g/mol. The number of rotatable bonds is 5. The summed E-state index contributed by atoms with van der Waals surface area (Å²) >= 11 is 0. The van der Waals surface area contributed by atoms with E-state index in [-0.39, 0.29) is 29.7 Å². The quantitative estimate of drug-likeness (QED) is 0.303. The average Bonchev–Trinajstić information content (AvgIpc) is 2.77. The van der Waals surface area contributed by atoms with Crippen LogP contribution >= 0.6 is 0 Å². The monoisotopic (exact) mass is 484 g/mol. The lowest BCUT2D eigenvalue weighted by Crippen LogP contribution is -2.63. The van der Waals surface area contributed by atoms with E-state index in [1.165, 1.54) is 17.2 Å². The van der Waals surface area contributed by atoms with Crippen molar-refractivity contribution in [1.29, 1.82) is 0 Å². The molecule has 0 aromatic heterocycles. The summed E-state index contributed by atoms with van der Waals surface area (Å²) in [5.41, 5.74) is 2.80. The minimum atomic E-state index is -2.65. The number of aromatic hydroxyl groups is 1. The minimum Gasteiger partial charge on any atom is -0.510 e. The number of phenols is 1. The third-order valence-electron chi connectivity index (χ3n) is 7.15. The predicted molar refractivity (Wildman–Crippen MR) is 124 cm³/mol. The van der Waals surface area contributed by atoms with E-state index in [1.54, 1.807) is 26.2 Å². The zero-order valence-corrected chi connectivity index (χ0v) is 19.6. The molecule has 0 fully saturated rings. The zero-order valence-electron chi connectivity index (χ0n) is 19.6. The number of primary amides is 1. The average molecular weight is 485 g/mol. The molecule has 1 aromatic rings. The number of allylic oxidation sites excluding steroid dienone is 1. The summed E-state index contributed by atoms with van der Waals surface area (Å²) < 4.78 is 5.26. The molecule has 3 aliphatic carbocycles. The van der Waals surface area contributed by atoms with E-state index in [4.69, 9.17) is 10.5 Å². The van der Waals surface area contributed by atoms with Crippen molar-refractivity contribution in [1.82, 2.24) is 4.90 Å². The molecule has 0 bridgehead atoms. The van der Waals surface area contributed by atoms with Gasteiger partial charge in [0.15, 0.2) is 11.4 Å². The number of carbonyl (C=O) groups is 3. The molecule has 4 rings (SSSR count). The summed E-state index contributed by atoms with van der Waals surface area (Å²) in [6.45, 7) is 2.27. The highest BCUT2D eigenvalue weighted by Gasteiger charge is 2.63. The normalized spacial score (nSPS) is 28.3. The molecule has 6 N–H and O–H groups in total. The van der Waals surface area contributed by atoms with Gasteiger partial charge in [-0.25, -0.2) is 0 Å². The van der Waals surface area contributed by atoms with Crippen LogP contribution in [0.2, 0.25) is 0 Å². The van der Waals surface area contributed by atoms with E-state index in [0.717, 1.165) is 0 Å². The lowest BCUT2D eigenvalue weighted by molar-refractivity contribution is -0.148. The van der Waals surface area contributed by atoms with Crippen molar-refractivity contribution in [2.45, 2.75) is 31.4 Å². The van der Waals surface area contributed by atoms with Gasteiger partial charge in [-0.2, -0.15) is 0 Å². The lowest BCUT2D eigenvalue weighted by Gasteiger charge is -2.50. The Morgan fingerprint density at radius 1 is 1.26 bits per heavy atom. The first-order valence-electron chi connectivity index (χ1n) is 11.2. The van der Waals surface area contributed by atoms with Crippen molar-refractivity contribution in [2.24, 2.45) is 17.6 Å². The number of hydrogen-bond donors (Lipinski definition) is 5. The first-order valence-corrected chi connectivity index (χ1v) is 11.2. The molecule has 1 amide bonds. The van der Waals surface area contributed by atoms with Crippen molar-refractivity contribution < 1.29 is 39.5 Å². The number of likely N-dealkylation sites (N-methyl/N-ethyl adjacent to an activating group) is 1. The van der Waals surface area contributed by atoms with Crippen molar-refractivity contribution in [3.05, 3.63) is 57.7 Å². The maximum absolute atomic E-state index is 13.6. The summed E-state index contributed by atoms with van der Waals surface area (Å²) in [6, 6.07) is 1.97. The van der Waals surface area contributed by atoms with Crippen LogP contribution in [0.25, 0.3) is 6.08 Å². The van der Waals surface area contributed by atoms with Gasteiger partial charge in [0.05, 0.1) is 24.5 Å². The van der Waals surface area contributed by atoms with Crippen LogP contribution < -0.4 is 5.73 Å². The molecule has 0 unspecified atom stereocenters. The fourth-order valence-electron chi connectivity index (χ4n) is 5.65. The van der Waals surface area contributed by atoms with Crippen molar-refractivity contribution in [2.75, 3.05) is 20.7 Å². The van der Waals surface area contributed by atoms with Gasteiger partial charge < -0.3 is 30.9 Å². The van der Waals surface area contributed by atoms with Crippen LogP contribution in [0.1, 0.15) is 34.8 Å². The number of ether oxygens (including phenoxy) is 1. The Kier molecular flexibility index (Phi) is 5.98. The van der Waals surface area contributed by atoms with Crippen LogP contribution in [0.15, 0.2) is 41.1 Å². The van der Waals surface area contributed by atoms with E-state index in [1.807, 2.05) is 6.92 Å². The smallest absolute Gasteiger partial charge is 0.255 e. The largest absolute Gasteiger partial charge is 0.510 e. The number of nitrogens with two attached hydrogens (primary N) is 1. The second-order valence-corrected chi connectivity index (χ2v) is 9.25. The van der Waals surface area contributed by atoms with Gasteiger partial charge in [-0.05, 0) is 63.0 Å². The molecule has 1 aromatic carbocycles. The number of hydrogen-bond acceptors (Lipinski definition) is 9. The Labute approximate surface area is 201 Å². The Bertz CT molecular complexity index is 1230. The molecule has 4 atom stereocenters. The van der Waals surface area contributed by atoms with Gasteiger partial charge in [-0.3, -0.25) is 19.3 Å². The maximum atomic E-state index is 13.6. The molecule has 3 aliphatic rings. The van der Waals surface area contributed by atoms with Gasteiger partial charge in [-0.15, -0.1) is 0 Å². The number of amides is 1. The van der Waals surface area contributed by atoms with Crippen LogP contribution in [0, 0.1) is 11.8 Å². The summed E-state index contributed by atoms with van der Waals surface area (Å²) in [4.78, 5) is 40.3. The minimum absolute atomic E-state index is 0.0376. The van der Waals surface area contributed by atoms with E-state index in [9.17, 15) is 34.8 Å². The summed E-state index contributed by atoms with van der Waals surface area (Å²) in [5.74, 6) is -6.71. The van der Waals surface area contributed by atoms with Gasteiger partial charge in [-0.1, -0.05) is 6.07 Å². The van der Waals surface area contributed by atoms with E-state index in [2.05, 4.69) is 0 Å². The third kappa shape index (κ3) is 3.43. The lowest BCUT2D eigenvalue weighted by atomic mass is 9.58. The molecular formula is C25H28N2O8. The van der Waals surface area contributed by atoms with Crippen molar-refractivity contribution in [3.63, 3.8) is 0 Å². The second kappa shape index (κ2) is 8.54. The van der Waals surface area contributed by atoms with Crippen LogP contribution in [0.3, 0.4) is 0 Å². The molecule has 0 saturated carbocycles. The topological polar surface area (TPSA) is 171 Å². The number of fused-ring (bicyclic) bond motifs is 3. The summed E-state index contributed by atoms with van der Waals surface area (Å²) in [7, 11) is 3.17. The number of aliphatic hydroxyl groups excluding tert-OH is 2. The van der Waals surface area contributed by atoms with Crippen molar-refractivity contribution >= 4 is 23.5 Å². The molecule has 0 aliphatic heterocycles. The summed E-state index contributed by atoms with van der Waals surface area (Å²) in [5, 5.41) is 44.1. The standard InChI is InChI=1S/C25H28N2O8/c1-4-35-8-7-11-5-6-15(28)17-13(11)9-12-10-14-19(27(2)3)21(30)18(24(26)33)23(32)25(14,34)22(31)16(12)20(17)29/h5-8,12,14,19,28,30-31,34H,4,9-10H2,1-3H3,(H2,26,33)/b8-7+/t12-,14-,19-,25-/m0/s1. The highest BCUT2D eigenvalue weighted by Crippen LogP contribution is 2.52. The Morgan fingerprint density at radius 2 is 1.94 bits per heavy atom. The Balaban J connectivity index is 1.92. The highest BCUT2D eigenvalue weighted by molar-refractivity contribution is 6.24. The number of carbonyl (C=O) groups excluding carboxylic acids is 3. The van der Waals surface area contributed by atoms with Crippen LogP contribution in [-0.4, -0.2) is 75.1 Å². The van der Waals surface area contributed by atoms with E-state index >= 15 is 0 Å². The van der Waals surface area contributed by atoms with Gasteiger partial charge in [0.25, 0.3) is 5.91 Å². The number of Topliss-reactive ketones (excluding diaryl/α,β-unsaturated/α-hetero) is 2. The van der Waals surface area contributed by atoms with Gasteiger partial charge in [0.2, 0.25) is 5.78 Å². The van der Waals surface area contributed by atoms with Crippen LogP contribution in [0.5, 0.6) is 5.75 Å². The van der Waals surface area contributed by atoms with Crippen LogP contribution in [0.4, 0.5) is 0 Å². The molecule has 10 heteroatoms. The molecule has 35 heavy (non-hydrogen) atoms. The molecule has 0 radical (unpaired) electrons. The second-order valence-electron chi connectivity index (χ2n) is 9.25. The van der Waals surface area contributed by atoms with Crippen molar-refractivity contribution in [3.8, 4) is 5.75 Å². The summed E-state index contributed by atoms with van der Waals surface area (Å²) in [6.07, 6.45) is 3.41. The van der Waals surface area contributed by atoms with E-state index in [0.29, 0.717) is 17.7 Å². The number of nitrogens with zero attached hydrogens (tertiary/aromatic N) is 1. The zero-order chi connectivity index (χ0) is 25.8. The first kappa shape index (κ1) is 24.5. The predicted octanol–water partition coefficient (Wildman–Crippen LogP) is 1.13. The number of ketones is 2. The molecule has 0 heterocycles. The first-order chi connectivity index (χ1) is 16.5. The number of aliphatic hydroxyl groups is 3. The van der Waals surface area contributed by atoms with Gasteiger partial charge >= 0.3 is 0 Å². The molecule has 0 spiro atoms. The number of phenolic OH excluding ortho intramolecular Hbond substituents is 1. The SMILES string of the molecule is CCO/C=C/c1ccc(O)c2c1C[C@H]1C[C@H]3[C@H](N(C)C)C(O)=C(C(N)=O)C(=O)[C@@]3(O)C(O)=C1C2=O. The van der Waals surface area contributed by atoms with E-state index < -0.39 is 58.0 Å². The molecule has 186 valence electrons. The maximum Gasteiger partial charge on any atom is 0.255 e.